The van der Waals surface area contributed by atoms with E-state index in [-0.39, 0.29) is 5.82 Å². The van der Waals surface area contributed by atoms with Crippen molar-refractivity contribution in [1.82, 2.24) is 4.90 Å². The number of halogens is 1. The van der Waals surface area contributed by atoms with Crippen LogP contribution in [0.5, 0.6) is 0 Å². The monoisotopic (exact) mass is 263 g/mol. The summed E-state index contributed by atoms with van der Waals surface area (Å²) in [7, 11) is 0. The third-order valence-corrected chi connectivity index (χ3v) is 3.58. The lowest BCUT2D eigenvalue weighted by atomic mass is 10.1. The van der Waals surface area contributed by atoms with Crippen LogP contribution >= 0.6 is 0 Å². The number of hydrogen-bond acceptors (Lipinski definition) is 1. The fourth-order valence-electron chi connectivity index (χ4n) is 2.38. The Morgan fingerprint density at radius 2 is 1.95 bits per heavy atom. The molecule has 1 fully saturated rings. The van der Waals surface area contributed by atoms with E-state index < -0.39 is 0 Å². The van der Waals surface area contributed by atoms with Crippen molar-refractivity contribution in [2.75, 3.05) is 13.1 Å². The van der Waals surface area contributed by atoms with Gasteiger partial charge in [0.25, 0.3) is 0 Å². The normalized spacial score (nSPS) is 17.4. The summed E-state index contributed by atoms with van der Waals surface area (Å²) in [4.78, 5) is 6.58. The number of nitrogens with zero attached hydrogens (tertiary/aromatic N) is 2. The molecule has 1 aliphatic rings. The van der Waals surface area contributed by atoms with Crippen molar-refractivity contribution >= 4 is 5.96 Å². The molecule has 2 rings (SSSR count). The van der Waals surface area contributed by atoms with Crippen molar-refractivity contribution in [2.45, 2.75) is 39.2 Å². The molecule has 0 unspecified atom stereocenters. The minimum Gasteiger partial charge on any atom is -0.370 e. The van der Waals surface area contributed by atoms with Crippen molar-refractivity contribution in [3.63, 3.8) is 0 Å². The average molecular weight is 263 g/mol. The van der Waals surface area contributed by atoms with Crippen LogP contribution in [0.4, 0.5) is 4.39 Å². The molecule has 1 saturated heterocycles. The van der Waals surface area contributed by atoms with Gasteiger partial charge in [0, 0.05) is 13.1 Å². The highest BCUT2D eigenvalue weighted by Crippen LogP contribution is 2.12. The molecule has 0 spiro atoms. The molecule has 104 valence electrons. The lowest BCUT2D eigenvalue weighted by Crippen LogP contribution is -2.38. The summed E-state index contributed by atoms with van der Waals surface area (Å²) in [6, 6.07) is 5.08. The summed E-state index contributed by atoms with van der Waals surface area (Å²) in [5, 5.41) is 0. The Kier molecular flexibility index (Phi) is 4.77. The molecule has 2 N–H and O–H groups in total. The van der Waals surface area contributed by atoms with Gasteiger partial charge in [-0.2, -0.15) is 0 Å². The molecular weight excluding hydrogens is 241 g/mol. The van der Waals surface area contributed by atoms with Gasteiger partial charge in [0.15, 0.2) is 5.96 Å². The lowest BCUT2D eigenvalue weighted by molar-refractivity contribution is 0.428. The molecule has 0 aliphatic carbocycles. The summed E-state index contributed by atoms with van der Waals surface area (Å²) < 4.78 is 13.2. The van der Waals surface area contributed by atoms with Crippen LogP contribution < -0.4 is 5.73 Å². The minimum absolute atomic E-state index is 0.173. The van der Waals surface area contributed by atoms with Gasteiger partial charge in [-0.25, -0.2) is 9.38 Å². The minimum atomic E-state index is -0.173. The Bertz CT molecular complexity index is 449. The summed E-state index contributed by atoms with van der Waals surface area (Å²) in [6.45, 7) is 4.28. The second kappa shape index (κ2) is 6.55. The molecule has 1 aromatic rings. The van der Waals surface area contributed by atoms with Gasteiger partial charge in [0.2, 0.25) is 0 Å². The van der Waals surface area contributed by atoms with Crippen LogP contribution in [0.2, 0.25) is 0 Å². The summed E-state index contributed by atoms with van der Waals surface area (Å²) in [6.07, 6.45) is 4.93. The first kappa shape index (κ1) is 13.8. The quantitative estimate of drug-likeness (QED) is 0.658. The fraction of sp³-hybridized carbons (Fsp3) is 0.533. The van der Waals surface area contributed by atoms with Crippen LogP contribution in [-0.4, -0.2) is 23.9 Å². The highest BCUT2D eigenvalue weighted by molar-refractivity contribution is 5.78. The predicted octanol–water partition coefficient (Wildman–Crippen LogP) is 2.82. The maximum absolute atomic E-state index is 13.2. The first-order valence-corrected chi connectivity index (χ1v) is 6.97. The summed E-state index contributed by atoms with van der Waals surface area (Å²) in [5.74, 6) is 0.442. The second-order valence-corrected chi connectivity index (χ2v) is 5.16. The second-order valence-electron chi connectivity index (χ2n) is 5.16. The Morgan fingerprint density at radius 3 is 2.58 bits per heavy atom. The zero-order valence-corrected chi connectivity index (χ0v) is 11.5. The lowest BCUT2D eigenvalue weighted by Gasteiger charge is -2.21. The molecule has 19 heavy (non-hydrogen) atoms. The van der Waals surface area contributed by atoms with Crippen molar-refractivity contribution in [3.8, 4) is 0 Å². The Balaban J connectivity index is 1.98. The largest absolute Gasteiger partial charge is 0.370 e. The van der Waals surface area contributed by atoms with E-state index in [1.807, 2.05) is 6.07 Å². The Labute approximate surface area is 114 Å². The predicted molar refractivity (Wildman–Crippen MR) is 76.5 cm³/mol. The van der Waals surface area contributed by atoms with Crippen LogP contribution in [0.1, 0.15) is 36.8 Å². The molecular formula is C15H22FN3. The van der Waals surface area contributed by atoms with Gasteiger partial charge in [0.1, 0.15) is 5.82 Å². The topological polar surface area (TPSA) is 41.6 Å². The number of benzene rings is 1. The van der Waals surface area contributed by atoms with Gasteiger partial charge in [-0.05, 0) is 37.0 Å². The molecule has 1 aromatic carbocycles. The molecule has 0 aromatic heterocycles. The maximum Gasteiger partial charge on any atom is 0.191 e. The first-order chi connectivity index (χ1) is 9.16. The molecule has 3 nitrogen and oxygen atoms in total. The van der Waals surface area contributed by atoms with Gasteiger partial charge < -0.3 is 10.6 Å². The molecule has 0 atom stereocenters. The zero-order valence-electron chi connectivity index (χ0n) is 11.5. The smallest absolute Gasteiger partial charge is 0.191 e. The molecule has 1 aliphatic heterocycles. The highest BCUT2D eigenvalue weighted by Gasteiger charge is 2.10. The highest BCUT2D eigenvalue weighted by atomic mass is 19.1. The molecule has 0 radical (unpaired) electrons. The molecule has 4 heteroatoms. The van der Waals surface area contributed by atoms with E-state index >= 15 is 0 Å². The Morgan fingerprint density at radius 1 is 1.26 bits per heavy atom. The number of aliphatic imine (C=N–C) groups is 1. The van der Waals surface area contributed by atoms with E-state index in [4.69, 9.17) is 5.73 Å². The number of aryl methyl sites for hydroxylation is 1. The van der Waals surface area contributed by atoms with Gasteiger partial charge in [-0.1, -0.05) is 25.0 Å². The van der Waals surface area contributed by atoms with Crippen LogP contribution in [0.15, 0.2) is 23.2 Å². The van der Waals surface area contributed by atoms with Gasteiger partial charge in [-0.15, -0.1) is 0 Å². The molecule has 0 amide bonds. The first-order valence-electron chi connectivity index (χ1n) is 6.97. The van der Waals surface area contributed by atoms with Gasteiger partial charge >= 0.3 is 0 Å². The van der Waals surface area contributed by atoms with Crippen LogP contribution in [0.3, 0.4) is 0 Å². The molecule has 1 heterocycles. The number of nitrogens with two attached hydrogens (primary N) is 1. The van der Waals surface area contributed by atoms with Crippen LogP contribution in [0, 0.1) is 12.7 Å². The van der Waals surface area contributed by atoms with Crippen molar-refractivity contribution < 1.29 is 4.39 Å². The Hall–Kier alpha value is -1.58. The van der Waals surface area contributed by atoms with E-state index in [2.05, 4.69) is 9.89 Å². The van der Waals surface area contributed by atoms with E-state index in [1.54, 1.807) is 13.0 Å². The standard InChI is InChI=1S/C15H22FN3/c1-12-10-13(6-7-14(12)16)11-18-15(17)19-8-4-2-3-5-9-19/h6-7,10H,2-5,8-9,11H2,1H3,(H2,17,18). The zero-order chi connectivity index (χ0) is 13.7. The van der Waals surface area contributed by atoms with Crippen LogP contribution in [-0.2, 0) is 6.54 Å². The fourth-order valence-corrected chi connectivity index (χ4v) is 2.38. The van der Waals surface area contributed by atoms with E-state index in [9.17, 15) is 4.39 Å². The number of guanidine groups is 1. The average Bonchev–Trinajstić information content (AvgIpc) is 2.69. The van der Waals surface area contributed by atoms with E-state index in [0.29, 0.717) is 18.1 Å². The van der Waals surface area contributed by atoms with Gasteiger partial charge in [-0.3, -0.25) is 0 Å². The summed E-state index contributed by atoms with van der Waals surface area (Å²) in [5.41, 5.74) is 7.69. The maximum atomic E-state index is 13.2. The van der Waals surface area contributed by atoms with Crippen LogP contribution in [0.25, 0.3) is 0 Å². The summed E-state index contributed by atoms with van der Waals surface area (Å²) >= 11 is 0. The number of hydrogen-bond donors (Lipinski definition) is 1. The number of likely N-dealkylation sites (tertiary alicyclic amines) is 1. The molecule has 0 saturated carbocycles. The third-order valence-electron chi connectivity index (χ3n) is 3.58. The van der Waals surface area contributed by atoms with Crippen molar-refractivity contribution in [2.24, 2.45) is 10.7 Å². The van der Waals surface area contributed by atoms with Gasteiger partial charge in [0.05, 0.1) is 6.54 Å². The number of rotatable bonds is 2. The SMILES string of the molecule is Cc1cc(CN=C(N)N2CCCCCC2)ccc1F. The van der Waals surface area contributed by atoms with E-state index in [0.717, 1.165) is 18.7 Å². The third kappa shape index (κ3) is 3.94. The van der Waals surface area contributed by atoms with Crippen molar-refractivity contribution in [3.05, 3.63) is 35.1 Å². The van der Waals surface area contributed by atoms with E-state index in [1.165, 1.54) is 31.7 Å². The van der Waals surface area contributed by atoms with Crippen molar-refractivity contribution in [1.29, 1.82) is 0 Å². The molecule has 0 bridgehead atoms.